The zero-order chi connectivity index (χ0) is 24.6. The maximum Gasteiger partial charge on any atom is 0.344 e. The first-order chi connectivity index (χ1) is 17.5. The molecule has 6 nitrogen and oxygen atoms in total. The Morgan fingerprint density at radius 1 is 0.778 bits per heavy atom. The standard InChI is InChI=1S/C29H17ClN2O4/c30-23-13-12-20(16-22(23)28-32-24-9-2-4-11-26(24)35-28)31-27(33)19-8-5-7-17(14-19)21-15-18-6-1-3-10-25(18)36-29(21)34/h1-16H,(H,31,33). The number of hydrogen-bond donors (Lipinski definition) is 1. The fourth-order valence-corrected chi connectivity index (χ4v) is 4.25. The van der Waals surface area contributed by atoms with Gasteiger partial charge >= 0.3 is 5.63 Å². The van der Waals surface area contributed by atoms with Crippen LogP contribution in [-0.4, -0.2) is 10.9 Å². The van der Waals surface area contributed by atoms with Crippen LogP contribution >= 0.6 is 11.6 Å². The Kier molecular flexibility index (Phi) is 5.36. The molecule has 2 aromatic heterocycles. The van der Waals surface area contributed by atoms with Crippen LogP contribution in [-0.2, 0) is 0 Å². The van der Waals surface area contributed by atoms with Gasteiger partial charge in [-0.3, -0.25) is 4.79 Å². The van der Waals surface area contributed by atoms with Gasteiger partial charge in [-0.25, -0.2) is 9.78 Å². The van der Waals surface area contributed by atoms with Crippen molar-refractivity contribution >= 4 is 45.3 Å². The molecule has 6 aromatic rings. The molecule has 6 rings (SSSR count). The van der Waals surface area contributed by atoms with Crippen molar-refractivity contribution in [3.8, 4) is 22.6 Å². The number of carbonyl (C=O) groups is 1. The summed E-state index contributed by atoms with van der Waals surface area (Å²) in [6.45, 7) is 0. The smallest absolute Gasteiger partial charge is 0.344 e. The van der Waals surface area contributed by atoms with Crippen molar-refractivity contribution in [1.82, 2.24) is 4.98 Å². The molecule has 0 atom stereocenters. The van der Waals surface area contributed by atoms with E-state index in [1.54, 1.807) is 54.6 Å². The van der Waals surface area contributed by atoms with Gasteiger partial charge in [0.15, 0.2) is 5.58 Å². The molecule has 0 spiro atoms. The maximum atomic E-state index is 13.1. The van der Waals surface area contributed by atoms with E-state index in [0.29, 0.717) is 55.5 Å². The molecule has 0 unspecified atom stereocenters. The summed E-state index contributed by atoms with van der Waals surface area (Å²) in [5.74, 6) is 0.0233. The van der Waals surface area contributed by atoms with Crippen LogP contribution in [0.5, 0.6) is 0 Å². The Hall–Kier alpha value is -4.68. The molecular weight excluding hydrogens is 476 g/mol. The molecule has 0 aliphatic rings. The third-order valence-corrected chi connectivity index (χ3v) is 6.16. The molecule has 0 aliphatic carbocycles. The zero-order valence-electron chi connectivity index (χ0n) is 18.7. The summed E-state index contributed by atoms with van der Waals surface area (Å²) in [5, 5.41) is 4.13. The Morgan fingerprint density at radius 2 is 1.58 bits per heavy atom. The van der Waals surface area contributed by atoms with Gasteiger partial charge in [-0.2, -0.15) is 0 Å². The molecule has 0 saturated heterocycles. The monoisotopic (exact) mass is 492 g/mol. The van der Waals surface area contributed by atoms with Crippen molar-refractivity contribution in [1.29, 1.82) is 0 Å². The number of nitrogens with zero attached hydrogens (tertiary/aromatic N) is 1. The van der Waals surface area contributed by atoms with Crippen molar-refractivity contribution in [2.24, 2.45) is 0 Å². The number of rotatable bonds is 4. The summed E-state index contributed by atoms with van der Waals surface area (Å²) >= 11 is 6.41. The number of fused-ring (bicyclic) bond motifs is 2. The number of nitrogens with one attached hydrogen (secondary N) is 1. The van der Waals surface area contributed by atoms with E-state index in [2.05, 4.69) is 10.3 Å². The molecule has 0 bridgehead atoms. The van der Waals surface area contributed by atoms with Crippen LogP contribution in [0.3, 0.4) is 0 Å². The summed E-state index contributed by atoms with van der Waals surface area (Å²) in [5.41, 5.74) is 3.85. The van der Waals surface area contributed by atoms with Crippen LogP contribution in [0.25, 0.3) is 44.7 Å². The highest BCUT2D eigenvalue weighted by Crippen LogP contribution is 2.32. The number of aromatic nitrogens is 1. The lowest BCUT2D eigenvalue weighted by Crippen LogP contribution is -2.12. The van der Waals surface area contributed by atoms with Crippen molar-refractivity contribution in [2.75, 3.05) is 5.32 Å². The summed E-state index contributed by atoms with van der Waals surface area (Å²) in [7, 11) is 0. The largest absolute Gasteiger partial charge is 0.436 e. The van der Waals surface area contributed by atoms with Crippen molar-refractivity contribution in [3.63, 3.8) is 0 Å². The van der Waals surface area contributed by atoms with E-state index in [-0.39, 0.29) is 5.91 Å². The van der Waals surface area contributed by atoms with Crippen LogP contribution in [0.1, 0.15) is 10.4 Å². The van der Waals surface area contributed by atoms with Gasteiger partial charge in [0.05, 0.1) is 16.1 Å². The van der Waals surface area contributed by atoms with E-state index < -0.39 is 5.63 Å². The molecular formula is C29H17ClN2O4. The number of amides is 1. The Labute approximate surface area is 209 Å². The van der Waals surface area contributed by atoms with Crippen LogP contribution in [0, 0.1) is 0 Å². The molecule has 0 fully saturated rings. The number of benzene rings is 4. The third-order valence-electron chi connectivity index (χ3n) is 5.83. The van der Waals surface area contributed by atoms with Gasteiger partial charge in [0.1, 0.15) is 11.1 Å². The summed E-state index contributed by atoms with van der Waals surface area (Å²) < 4.78 is 11.3. The van der Waals surface area contributed by atoms with Crippen molar-refractivity contribution in [2.45, 2.75) is 0 Å². The third kappa shape index (κ3) is 4.04. The first-order valence-electron chi connectivity index (χ1n) is 11.2. The van der Waals surface area contributed by atoms with Gasteiger partial charge in [0, 0.05) is 16.6 Å². The minimum absolute atomic E-state index is 0.340. The van der Waals surface area contributed by atoms with Crippen LogP contribution in [0.4, 0.5) is 5.69 Å². The van der Waals surface area contributed by atoms with Gasteiger partial charge in [0.2, 0.25) is 5.89 Å². The summed E-state index contributed by atoms with van der Waals surface area (Å²) in [6.07, 6.45) is 0. The van der Waals surface area contributed by atoms with Crippen LogP contribution < -0.4 is 10.9 Å². The van der Waals surface area contributed by atoms with Crippen LogP contribution in [0.2, 0.25) is 5.02 Å². The number of oxazole rings is 1. The molecule has 0 aliphatic heterocycles. The Morgan fingerprint density at radius 3 is 2.44 bits per heavy atom. The molecule has 0 radical (unpaired) electrons. The zero-order valence-corrected chi connectivity index (χ0v) is 19.5. The van der Waals surface area contributed by atoms with E-state index in [9.17, 15) is 9.59 Å². The number of halogens is 1. The molecule has 7 heteroatoms. The predicted octanol–water partition coefficient (Wildman–Crippen LogP) is 7.17. The minimum Gasteiger partial charge on any atom is -0.436 e. The highest BCUT2D eigenvalue weighted by atomic mass is 35.5. The summed E-state index contributed by atoms with van der Waals surface area (Å²) in [4.78, 5) is 30.2. The molecule has 0 saturated carbocycles. The van der Waals surface area contributed by atoms with Crippen molar-refractivity contribution < 1.29 is 13.6 Å². The number of para-hydroxylation sites is 3. The van der Waals surface area contributed by atoms with E-state index in [1.165, 1.54) is 0 Å². The number of anilines is 1. The average molecular weight is 493 g/mol. The highest BCUT2D eigenvalue weighted by Gasteiger charge is 2.15. The topological polar surface area (TPSA) is 85.3 Å². The second-order valence-corrected chi connectivity index (χ2v) is 8.61. The predicted molar refractivity (Wildman–Crippen MR) is 140 cm³/mol. The minimum atomic E-state index is -0.466. The fraction of sp³-hybridized carbons (Fsp3) is 0. The van der Waals surface area contributed by atoms with E-state index in [1.807, 2.05) is 42.5 Å². The molecule has 1 N–H and O–H groups in total. The fourth-order valence-electron chi connectivity index (χ4n) is 4.05. The highest BCUT2D eigenvalue weighted by molar-refractivity contribution is 6.33. The van der Waals surface area contributed by atoms with Crippen molar-refractivity contribution in [3.05, 3.63) is 118 Å². The second-order valence-electron chi connectivity index (χ2n) is 8.20. The Bertz CT molecular complexity index is 1800. The normalized spacial score (nSPS) is 11.1. The Balaban J connectivity index is 1.30. The van der Waals surface area contributed by atoms with Gasteiger partial charge in [-0.15, -0.1) is 0 Å². The van der Waals surface area contributed by atoms with Crippen LogP contribution in [0.15, 0.2) is 111 Å². The quantitative estimate of drug-likeness (QED) is 0.263. The SMILES string of the molecule is O=C(Nc1ccc(Cl)c(-c2nc3ccccc3o2)c1)c1cccc(-c2cc3ccccc3oc2=O)c1. The van der Waals surface area contributed by atoms with E-state index in [4.69, 9.17) is 20.4 Å². The van der Waals surface area contributed by atoms with E-state index in [0.717, 1.165) is 5.39 Å². The number of hydrogen-bond acceptors (Lipinski definition) is 5. The van der Waals surface area contributed by atoms with Gasteiger partial charge in [0.25, 0.3) is 5.91 Å². The second kappa shape index (κ2) is 8.83. The summed E-state index contributed by atoms with van der Waals surface area (Å²) in [6, 6.07) is 28.4. The molecule has 36 heavy (non-hydrogen) atoms. The van der Waals surface area contributed by atoms with Gasteiger partial charge in [-0.05, 0) is 60.2 Å². The van der Waals surface area contributed by atoms with Gasteiger partial charge < -0.3 is 14.2 Å². The first-order valence-corrected chi connectivity index (χ1v) is 11.5. The molecule has 4 aromatic carbocycles. The molecule has 1 amide bonds. The van der Waals surface area contributed by atoms with Gasteiger partial charge in [-0.1, -0.05) is 54.1 Å². The van der Waals surface area contributed by atoms with E-state index >= 15 is 0 Å². The average Bonchev–Trinajstić information content (AvgIpc) is 3.33. The first kappa shape index (κ1) is 21.8. The molecule has 174 valence electrons. The molecule has 2 heterocycles. The number of carbonyl (C=O) groups excluding carboxylic acids is 1. The lowest BCUT2D eigenvalue weighted by Gasteiger charge is -2.09. The lowest BCUT2D eigenvalue weighted by atomic mass is 10.0. The maximum absolute atomic E-state index is 13.1. The lowest BCUT2D eigenvalue weighted by molar-refractivity contribution is 0.102.